The lowest BCUT2D eigenvalue weighted by molar-refractivity contribution is 0.355. The third kappa shape index (κ3) is 2.25. The number of hydrogen-bond acceptors (Lipinski definition) is 3. The van der Waals surface area contributed by atoms with Crippen molar-refractivity contribution in [3.8, 4) is 28.4 Å². The van der Waals surface area contributed by atoms with Gasteiger partial charge in [-0.3, -0.25) is 0 Å². The Morgan fingerprint density at radius 1 is 0.833 bits per heavy atom. The van der Waals surface area contributed by atoms with Gasteiger partial charge in [0.25, 0.3) is 0 Å². The molecule has 0 aliphatic heterocycles. The Bertz CT molecular complexity index is 535. The van der Waals surface area contributed by atoms with Crippen molar-refractivity contribution in [2.75, 3.05) is 21.3 Å². The zero-order valence-electron chi connectivity index (χ0n) is 10.7. The highest BCUT2D eigenvalue weighted by molar-refractivity contribution is 5.72. The molecule has 0 aliphatic carbocycles. The van der Waals surface area contributed by atoms with E-state index >= 15 is 0 Å². The predicted octanol–water partition coefficient (Wildman–Crippen LogP) is 3.18. The lowest BCUT2D eigenvalue weighted by Gasteiger charge is -2.11. The number of benzene rings is 2. The van der Waals surface area contributed by atoms with Gasteiger partial charge in [0, 0.05) is 5.56 Å². The molecule has 0 atom stereocenters. The third-order valence-corrected chi connectivity index (χ3v) is 2.74. The highest BCUT2D eigenvalue weighted by Crippen LogP contribution is 2.35. The third-order valence-electron chi connectivity index (χ3n) is 2.74. The molecule has 0 spiro atoms. The summed E-state index contributed by atoms with van der Waals surface area (Å²) in [4.78, 5) is 0. The van der Waals surface area contributed by atoms with E-state index in [1.807, 2.05) is 36.4 Å². The van der Waals surface area contributed by atoms with Crippen molar-refractivity contribution in [1.82, 2.24) is 0 Å². The molecule has 18 heavy (non-hydrogen) atoms. The molecule has 2 aromatic carbocycles. The molecule has 93 valence electrons. The number of methoxy groups -OCH3 is 3. The fraction of sp³-hybridized carbons (Fsp3) is 0.200. The molecule has 3 heteroatoms. The van der Waals surface area contributed by atoms with Gasteiger partial charge >= 0.3 is 0 Å². The van der Waals surface area contributed by atoms with Crippen molar-refractivity contribution in [2.24, 2.45) is 0 Å². The highest BCUT2D eigenvalue weighted by Gasteiger charge is 2.09. The fourth-order valence-corrected chi connectivity index (χ4v) is 1.82. The van der Waals surface area contributed by atoms with Crippen LogP contribution in [0.25, 0.3) is 11.1 Å². The van der Waals surface area contributed by atoms with E-state index in [9.17, 15) is 0 Å². The molecule has 0 aliphatic rings. The maximum absolute atomic E-state index is 5.34. The Hall–Kier alpha value is -2.16. The van der Waals surface area contributed by atoms with Gasteiger partial charge in [-0.15, -0.1) is 0 Å². The van der Waals surface area contributed by atoms with Gasteiger partial charge < -0.3 is 14.2 Å². The van der Waals surface area contributed by atoms with Crippen LogP contribution >= 0.6 is 0 Å². The van der Waals surface area contributed by atoms with Crippen molar-refractivity contribution in [1.29, 1.82) is 0 Å². The molecule has 0 unspecified atom stereocenters. The van der Waals surface area contributed by atoms with E-state index in [0.717, 1.165) is 16.9 Å². The van der Waals surface area contributed by atoms with E-state index in [4.69, 9.17) is 14.2 Å². The van der Waals surface area contributed by atoms with Crippen LogP contribution < -0.4 is 14.2 Å². The number of hydrogen-bond donors (Lipinski definition) is 0. The summed E-state index contributed by atoms with van der Waals surface area (Å²) in [5.41, 5.74) is 1.97. The molecule has 1 radical (unpaired) electrons. The van der Waals surface area contributed by atoms with Gasteiger partial charge in [0.15, 0.2) is 11.5 Å². The first kappa shape index (κ1) is 12.3. The van der Waals surface area contributed by atoms with Crippen LogP contribution in [0.2, 0.25) is 0 Å². The minimum Gasteiger partial charge on any atom is -0.496 e. The molecule has 2 rings (SSSR count). The SMILES string of the molecule is COc1ccc(-c2c[c]ccc2OC)cc1OC. The van der Waals surface area contributed by atoms with Gasteiger partial charge in [-0.2, -0.15) is 0 Å². The van der Waals surface area contributed by atoms with Crippen molar-refractivity contribution in [3.05, 3.63) is 42.5 Å². The summed E-state index contributed by atoms with van der Waals surface area (Å²) in [5, 5.41) is 0. The highest BCUT2D eigenvalue weighted by atomic mass is 16.5. The summed E-state index contributed by atoms with van der Waals surface area (Å²) in [6.07, 6.45) is 0. The summed E-state index contributed by atoms with van der Waals surface area (Å²) in [6.45, 7) is 0. The standard InChI is InChI=1S/C15H15O3/c1-16-13-7-5-4-6-12(13)11-8-9-14(17-2)15(10-11)18-3/h5-10H,1-3H3. The summed E-state index contributed by atoms with van der Waals surface area (Å²) >= 11 is 0. The molecule has 0 amide bonds. The molecular weight excluding hydrogens is 228 g/mol. The van der Waals surface area contributed by atoms with Gasteiger partial charge in [0.2, 0.25) is 0 Å². The topological polar surface area (TPSA) is 27.7 Å². The Balaban J connectivity index is 2.51. The first-order valence-corrected chi connectivity index (χ1v) is 5.56. The molecule has 2 aromatic rings. The summed E-state index contributed by atoms with van der Waals surface area (Å²) in [6, 6.07) is 14.4. The molecule has 3 nitrogen and oxygen atoms in total. The Morgan fingerprint density at radius 3 is 2.22 bits per heavy atom. The van der Waals surface area contributed by atoms with E-state index in [1.165, 1.54) is 0 Å². The molecule has 0 bridgehead atoms. The summed E-state index contributed by atoms with van der Waals surface area (Å²) < 4.78 is 15.9. The minimum atomic E-state index is 0.695. The van der Waals surface area contributed by atoms with E-state index in [2.05, 4.69) is 6.07 Å². The van der Waals surface area contributed by atoms with E-state index in [0.29, 0.717) is 11.5 Å². The van der Waals surface area contributed by atoms with Crippen LogP contribution in [0, 0.1) is 6.07 Å². The lowest BCUT2D eigenvalue weighted by atomic mass is 10.0. The molecule has 0 saturated heterocycles. The van der Waals surface area contributed by atoms with E-state index < -0.39 is 0 Å². The van der Waals surface area contributed by atoms with Gasteiger partial charge in [0.1, 0.15) is 5.75 Å². The zero-order valence-corrected chi connectivity index (χ0v) is 10.7. The monoisotopic (exact) mass is 243 g/mol. The predicted molar refractivity (Wildman–Crippen MR) is 70.4 cm³/mol. The van der Waals surface area contributed by atoms with Crippen LogP contribution in [0.3, 0.4) is 0 Å². The summed E-state index contributed by atoms with van der Waals surface area (Å²) in [5.74, 6) is 2.21. The maximum Gasteiger partial charge on any atom is 0.161 e. The van der Waals surface area contributed by atoms with E-state index in [-0.39, 0.29) is 0 Å². The van der Waals surface area contributed by atoms with Crippen molar-refractivity contribution >= 4 is 0 Å². The second-order valence-corrected chi connectivity index (χ2v) is 3.70. The van der Waals surface area contributed by atoms with Crippen molar-refractivity contribution in [3.63, 3.8) is 0 Å². The first-order chi connectivity index (χ1) is 8.80. The molecule has 0 N–H and O–H groups in total. The molecule has 0 fully saturated rings. The van der Waals surface area contributed by atoms with Crippen LogP contribution in [-0.2, 0) is 0 Å². The lowest BCUT2D eigenvalue weighted by Crippen LogP contribution is -1.92. The summed E-state index contributed by atoms with van der Waals surface area (Å²) in [7, 11) is 4.89. The second-order valence-electron chi connectivity index (χ2n) is 3.70. The van der Waals surface area contributed by atoms with E-state index in [1.54, 1.807) is 21.3 Å². The molecule has 0 aromatic heterocycles. The van der Waals surface area contributed by atoms with Gasteiger partial charge in [-0.1, -0.05) is 12.1 Å². The Morgan fingerprint density at radius 2 is 1.56 bits per heavy atom. The van der Waals surface area contributed by atoms with Crippen LogP contribution in [0.5, 0.6) is 17.2 Å². The quantitative estimate of drug-likeness (QED) is 0.825. The zero-order chi connectivity index (χ0) is 13.0. The van der Waals surface area contributed by atoms with Crippen LogP contribution in [0.4, 0.5) is 0 Å². The van der Waals surface area contributed by atoms with Crippen LogP contribution in [0.1, 0.15) is 0 Å². The van der Waals surface area contributed by atoms with Gasteiger partial charge in [0.05, 0.1) is 21.3 Å². The van der Waals surface area contributed by atoms with Gasteiger partial charge in [-0.05, 0) is 35.9 Å². The Kier molecular flexibility index (Phi) is 3.72. The first-order valence-electron chi connectivity index (χ1n) is 5.56. The maximum atomic E-state index is 5.34. The van der Waals surface area contributed by atoms with Crippen LogP contribution in [-0.4, -0.2) is 21.3 Å². The molecular formula is C15H15O3. The average Bonchev–Trinajstić information content (AvgIpc) is 2.46. The normalized spacial score (nSPS) is 9.94. The Labute approximate surface area is 107 Å². The van der Waals surface area contributed by atoms with Crippen molar-refractivity contribution in [2.45, 2.75) is 0 Å². The smallest absolute Gasteiger partial charge is 0.161 e. The van der Waals surface area contributed by atoms with Crippen molar-refractivity contribution < 1.29 is 14.2 Å². The number of ether oxygens (including phenoxy) is 3. The van der Waals surface area contributed by atoms with Gasteiger partial charge in [-0.25, -0.2) is 0 Å². The number of rotatable bonds is 4. The molecule has 0 saturated carbocycles. The largest absolute Gasteiger partial charge is 0.496 e. The van der Waals surface area contributed by atoms with Crippen LogP contribution in [0.15, 0.2) is 36.4 Å². The molecule has 0 heterocycles. The average molecular weight is 243 g/mol. The fourth-order valence-electron chi connectivity index (χ4n) is 1.82. The minimum absolute atomic E-state index is 0.695. The second kappa shape index (κ2) is 5.45.